The van der Waals surface area contributed by atoms with Crippen LogP contribution in [0.15, 0.2) is 30.3 Å². The molecule has 0 aliphatic rings. The molecule has 0 saturated heterocycles. The molecule has 3 rings (SSSR count). The van der Waals surface area contributed by atoms with Gasteiger partial charge in [0.25, 0.3) is 0 Å². The Kier molecular flexibility index (Phi) is 3.51. The second-order valence-electron chi connectivity index (χ2n) is 5.26. The van der Waals surface area contributed by atoms with Crippen LogP contribution in [0.25, 0.3) is 22.6 Å². The summed E-state index contributed by atoms with van der Waals surface area (Å²) in [5.74, 6) is 1.53. The summed E-state index contributed by atoms with van der Waals surface area (Å²) in [7, 11) is 1.58. The summed E-state index contributed by atoms with van der Waals surface area (Å²) >= 11 is 0. The van der Waals surface area contributed by atoms with Gasteiger partial charge in [-0.3, -0.25) is 0 Å². The van der Waals surface area contributed by atoms with Gasteiger partial charge in [-0.15, -0.1) is 5.10 Å². The zero-order valence-corrected chi connectivity index (χ0v) is 12.3. The summed E-state index contributed by atoms with van der Waals surface area (Å²) in [6, 6.07) is 9.82. The molecule has 0 N–H and O–H groups in total. The van der Waals surface area contributed by atoms with E-state index in [1.165, 1.54) is 0 Å². The first kappa shape index (κ1) is 13.5. The Labute approximate surface area is 122 Å². The Bertz CT molecular complexity index is 751. The Balaban J connectivity index is 2.19. The van der Waals surface area contributed by atoms with Crippen molar-refractivity contribution in [1.82, 2.24) is 25.0 Å². The Morgan fingerprint density at radius 2 is 1.90 bits per heavy atom. The number of benzene rings is 1. The fraction of sp³-hybridized carbons (Fsp3) is 0.333. The van der Waals surface area contributed by atoms with Crippen molar-refractivity contribution in [2.45, 2.75) is 20.4 Å². The highest BCUT2D eigenvalue weighted by Gasteiger charge is 2.16. The molecule has 1 aromatic carbocycles. The molecule has 0 unspecified atom stereocenters. The van der Waals surface area contributed by atoms with Crippen LogP contribution in [0.2, 0.25) is 0 Å². The molecule has 0 radical (unpaired) electrons. The topological polar surface area (TPSA) is 65.7 Å². The zero-order valence-electron chi connectivity index (χ0n) is 12.3. The van der Waals surface area contributed by atoms with Crippen LogP contribution in [0, 0.1) is 5.92 Å². The van der Waals surface area contributed by atoms with Crippen molar-refractivity contribution >= 4 is 11.2 Å². The minimum Gasteiger partial charge on any atom is -0.479 e. The molecule has 0 aliphatic carbocycles. The van der Waals surface area contributed by atoms with Crippen molar-refractivity contribution < 1.29 is 4.74 Å². The molecule has 0 saturated carbocycles. The van der Waals surface area contributed by atoms with Crippen LogP contribution < -0.4 is 4.74 Å². The summed E-state index contributed by atoms with van der Waals surface area (Å²) in [4.78, 5) is 9.05. The lowest BCUT2D eigenvalue weighted by molar-refractivity contribution is 0.402. The van der Waals surface area contributed by atoms with Crippen molar-refractivity contribution in [3.63, 3.8) is 0 Å². The van der Waals surface area contributed by atoms with Crippen LogP contribution in [0.1, 0.15) is 13.8 Å². The van der Waals surface area contributed by atoms with Crippen LogP contribution in [-0.4, -0.2) is 32.1 Å². The van der Waals surface area contributed by atoms with E-state index in [9.17, 15) is 0 Å². The maximum atomic E-state index is 5.34. The van der Waals surface area contributed by atoms with E-state index in [4.69, 9.17) is 4.74 Å². The highest BCUT2D eigenvalue weighted by molar-refractivity contribution is 5.78. The average Bonchev–Trinajstić information content (AvgIpc) is 2.89. The van der Waals surface area contributed by atoms with Gasteiger partial charge in [-0.05, 0) is 5.92 Å². The fourth-order valence-corrected chi connectivity index (χ4v) is 2.16. The number of aromatic nitrogens is 5. The van der Waals surface area contributed by atoms with Gasteiger partial charge in [0.2, 0.25) is 5.88 Å². The van der Waals surface area contributed by atoms with E-state index in [0.29, 0.717) is 28.8 Å². The smallest absolute Gasteiger partial charge is 0.247 e. The van der Waals surface area contributed by atoms with Gasteiger partial charge < -0.3 is 4.74 Å². The lowest BCUT2D eigenvalue weighted by atomic mass is 10.2. The fourth-order valence-electron chi connectivity index (χ4n) is 2.16. The van der Waals surface area contributed by atoms with Gasteiger partial charge >= 0.3 is 0 Å². The molecule has 2 heterocycles. The first-order chi connectivity index (χ1) is 10.2. The molecule has 0 bridgehead atoms. The molecule has 6 heteroatoms. The Morgan fingerprint density at radius 3 is 2.57 bits per heavy atom. The monoisotopic (exact) mass is 283 g/mol. The third-order valence-electron chi connectivity index (χ3n) is 3.09. The largest absolute Gasteiger partial charge is 0.479 e. The molecule has 3 aromatic rings. The molecule has 0 aliphatic heterocycles. The number of hydrogen-bond acceptors (Lipinski definition) is 5. The van der Waals surface area contributed by atoms with Gasteiger partial charge in [-0.25, -0.2) is 9.67 Å². The number of fused-ring (bicyclic) bond motifs is 1. The van der Waals surface area contributed by atoms with Crippen molar-refractivity contribution in [2.24, 2.45) is 5.92 Å². The van der Waals surface area contributed by atoms with E-state index in [0.717, 1.165) is 12.1 Å². The second kappa shape index (κ2) is 5.47. The maximum absolute atomic E-state index is 5.34. The van der Waals surface area contributed by atoms with E-state index < -0.39 is 0 Å². The predicted octanol–water partition coefficient (Wildman–Crippen LogP) is 2.55. The minimum atomic E-state index is 0.453. The lowest BCUT2D eigenvalue weighted by Gasteiger charge is -2.07. The number of ether oxygens (including phenoxy) is 1. The molecule has 108 valence electrons. The Morgan fingerprint density at radius 1 is 1.14 bits per heavy atom. The van der Waals surface area contributed by atoms with Crippen molar-refractivity contribution in [3.8, 4) is 17.3 Å². The molecule has 0 atom stereocenters. The van der Waals surface area contributed by atoms with Crippen LogP contribution in [0.4, 0.5) is 0 Å². The van der Waals surface area contributed by atoms with Crippen molar-refractivity contribution in [2.75, 3.05) is 7.11 Å². The van der Waals surface area contributed by atoms with E-state index in [2.05, 4.69) is 34.1 Å². The van der Waals surface area contributed by atoms with Crippen molar-refractivity contribution in [1.29, 1.82) is 0 Å². The summed E-state index contributed by atoms with van der Waals surface area (Å²) in [6.07, 6.45) is 0. The second-order valence-corrected chi connectivity index (χ2v) is 5.26. The summed E-state index contributed by atoms with van der Waals surface area (Å²) in [6.45, 7) is 5.01. The minimum absolute atomic E-state index is 0.453. The third-order valence-corrected chi connectivity index (χ3v) is 3.09. The summed E-state index contributed by atoms with van der Waals surface area (Å²) in [5.41, 5.74) is 2.24. The molecule has 6 nitrogen and oxygen atoms in total. The van der Waals surface area contributed by atoms with E-state index in [1.807, 2.05) is 30.3 Å². The first-order valence-corrected chi connectivity index (χ1v) is 6.89. The quantitative estimate of drug-likeness (QED) is 0.736. The standard InChI is InChI=1S/C15H17N5O/c1-10(2)9-20-14-12(18-19-20)15(21-3)17-13(16-14)11-7-5-4-6-8-11/h4-8,10H,9H2,1-3H3. The van der Waals surface area contributed by atoms with Gasteiger partial charge in [0.1, 0.15) is 0 Å². The van der Waals surface area contributed by atoms with E-state index >= 15 is 0 Å². The van der Waals surface area contributed by atoms with Crippen LogP contribution in [-0.2, 0) is 6.54 Å². The maximum Gasteiger partial charge on any atom is 0.247 e. The predicted molar refractivity (Wildman–Crippen MR) is 79.9 cm³/mol. The molecule has 2 aromatic heterocycles. The average molecular weight is 283 g/mol. The molecular weight excluding hydrogens is 266 g/mol. The van der Waals surface area contributed by atoms with E-state index in [1.54, 1.807) is 11.8 Å². The molecule has 0 fully saturated rings. The molecule has 0 amide bonds. The number of nitrogens with zero attached hydrogens (tertiary/aromatic N) is 5. The van der Waals surface area contributed by atoms with Gasteiger partial charge in [0.15, 0.2) is 17.0 Å². The van der Waals surface area contributed by atoms with Gasteiger partial charge in [-0.1, -0.05) is 49.4 Å². The molecular formula is C15H17N5O. The third kappa shape index (κ3) is 2.56. The highest BCUT2D eigenvalue weighted by Crippen LogP contribution is 2.24. The molecule has 0 spiro atoms. The number of methoxy groups -OCH3 is 1. The van der Waals surface area contributed by atoms with Gasteiger partial charge in [0, 0.05) is 12.1 Å². The number of hydrogen-bond donors (Lipinski definition) is 0. The van der Waals surface area contributed by atoms with Crippen LogP contribution in [0.5, 0.6) is 5.88 Å². The van der Waals surface area contributed by atoms with Crippen molar-refractivity contribution in [3.05, 3.63) is 30.3 Å². The van der Waals surface area contributed by atoms with E-state index in [-0.39, 0.29) is 0 Å². The van der Waals surface area contributed by atoms with Gasteiger partial charge in [0.05, 0.1) is 7.11 Å². The molecule has 21 heavy (non-hydrogen) atoms. The van der Waals surface area contributed by atoms with Crippen LogP contribution in [0.3, 0.4) is 0 Å². The first-order valence-electron chi connectivity index (χ1n) is 6.89. The number of rotatable bonds is 4. The lowest BCUT2D eigenvalue weighted by Crippen LogP contribution is -2.07. The SMILES string of the molecule is COc1nc(-c2ccccc2)nc2c1nnn2CC(C)C. The zero-order chi connectivity index (χ0) is 14.8. The normalized spacial score (nSPS) is 11.2. The summed E-state index contributed by atoms with van der Waals surface area (Å²) < 4.78 is 7.14. The van der Waals surface area contributed by atoms with Crippen LogP contribution >= 0.6 is 0 Å². The van der Waals surface area contributed by atoms with Gasteiger partial charge in [-0.2, -0.15) is 4.98 Å². The summed E-state index contributed by atoms with van der Waals surface area (Å²) in [5, 5.41) is 8.30. The Hall–Kier alpha value is -2.50. The highest BCUT2D eigenvalue weighted by atomic mass is 16.5.